The molecule has 0 spiro atoms. The van der Waals surface area contributed by atoms with Crippen LogP contribution in [0.25, 0.3) is 0 Å². The third kappa shape index (κ3) is 6.58. The molecule has 0 aliphatic carbocycles. The number of hydrogen-bond donors (Lipinski definition) is 3. The molecule has 0 saturated carbocycles. The molecule has 3 N–H and O–H groups in total. The molecule has 25 heavy (non-hydrogen) atoms. The third-order valence-corrected chi connectivity index (χ3v) is 3.89. The van der Waals surface area contributed by atoms with Crippen molar-refractivity contribution < 1.29 is 9.90 Å². The monoisotopic (exact) mass is 344 g/mol. The Kier molecular flexibility index (Phi) is 6.20. The number of nitrogens with zero attached hydrogens (tertiary/aromatic N) is 2. The summed E-state index contributed by atoms with van der Waals surface area (Å²) in [7, 11) is 0. The number of amides is 2. The highest BCUT2D eigenvalue weighted by Crippen LogP contribution is 2.21. The van der Waals surface area contributed by atoms with E-state index in [1.807, 2.05) is 62.1 Å². The van der Waals surface area contributed by atoms with Gasteiger partial charge in [-0.3, -0.25) is 4.68 Å². The average molecular weight is 344 g/mol. The lowest BCUT2D eigenvalue weighted by Gasteiger charge is -2.26. The van der Waals surface area contributed by atoms with Crippen LogP contribution >= 0.6 is 0 Å². The maximum absolute atomic E-state index is 12.0. The number of anilines is 1. The molecule has 0 saturated heterocycles. The molecule has 0 radical (unpaired) electrons. The number of carbonyl (C=O) groups is 1. The molecule has 1 unspecified atom stereocenters. The lowest BCUT2D eigenvalue weighted by atomic mass is 9.87. The van der Waals surface area contributed by atoms with Crippen LogP contribution in [0.5, 0.6) is 0 Å². The molecule has 6 heteroatoms. The Morgan fingerprint density at radius 2 is 2.00 bits per heavy atom. The summed E-state index contributed by atoms with van der Waals surface area (Å²) in [5.41, 5.74) is 2.84. The minimum Gasteiger partial charge on any atom is -0.393 e. The molecule has 1 aromatic carbocycles. The van der Waals surface area contributed by atoms with Gasteiger partial charge in [0.25, 0.3) is 0 Å². The van der Waals surface area contributed by atoms with E-state index in [0.717, 1.165) is 16.8 Å². The summed E-state index contributed by atoms with van der Waals surface area (Å²) in [5, 5.41) is 19.4. The molecule has 1 atom stereocenters. The van der Waals surface area contributed by atoms with Crippen molar-refractivity contribution in [3.63, 3.8) is 0 Å². The Labute approximate surface area is 149 Å². The molecule has 0 bridgehead atoms. The van der Waals surface area contributed by atoms with E-state index in [0.29, 0.717) is 19.5 Å². The second-order valence-corrected chi connectivity index (χ2v) is 7.44. The SMILES string of the molecule is Cc1cnn(Cc2ccc(NC(=O)NCC(C)(C)CC(C)O)cc2)c1. The van der Waals surface area contributed by atoms with Gasteiger partial charge in [0, 0.05) is 18.4 Å². The number of aliphatic hydroxyl groups excluding tert-OH is 1. The first-order valence-corrected chi connectivity index (χ1v) is 8.54. The summed E-state index contributed by atoms with van der Waals surface area (Å²) in [5.74, 6) is 0. The summed E-state index contributed by atoms with van der Waals surface area (Å²) in [6.07, 6.45) is 4.08. The van der Waals surface area contributed by atoms with E-state index in [1.165, 1.54) is 0 Å². The Hall–Kier alpha value is -2.34. The Morgan fingerprint density at radius 3 is 2.56 bits per heavy atom. The number of nitrogens with one attached hydrogen (secondary N) is 2. The first-order valence-electron chi connectivity index (χ1n) is 8.54. The van der Waals surface area contributed by atoms with E-state index in [9.17, 15) is 9.90 Å². The summed E-state index contributed by atoms with van der Waals surface area (Å²) in [6.45, 7) is 9.01. The Morgan fingerprint density at radius 1 is 1.32 bits per heavy atom. The minimum absolute atomic E-state index is 0.155. The van der Waals surface area contributed by atoms with E-state index in [4.69, 9.17) is 0 Å². The van der Waals surface area contributed by atoms with Crippen LogP contribution in [0.15, 0.2) is 36.7 Å². The molecule has 1 aromatic heterocycles. The largest absolute Gasteiger partial charge is 0.393 e. The first kappa shape index (κ1) is 19.0. The second kappa shape index (κ2) is 8.16. The molecule has 6 nitrogen and oxygen atoms in total. The van der Waals surface area contributed by atoms with Gasteiger partial charge in [-0.05, 0) is 48.9 Å². The van der Waals surface area contributed by atoms with Gasteiger partial charge < -0.3 is 15.7 Å². The van der Waals surface area contributed by atoms with E-state index < -0.39 is 0 Å². The predicted molar refractivity (Wildman–Crippen MR) is 99.6 cm³/mol. The van der Waals surface area contributed by atoms with Gasteiger partial charge in [-0.1, -0.05) is 26.0 Å². The van der Waals surface area contributed by atoms with Gasteiger partial charge in [0.15, 0.2) is 0 Å². The van der Waals surface area contributed by atoms with Crippen LogP contribution in [0, 0.1) is 12.3 Å². The van der Waals surface area contributed by atoms with E-state index in [-0.39, 0.29) is 17.6 Å². The van der Waals surface area contributed by atoms with Crippen molar-refractivity contribution in [2.24, 2.45) is 5.41 Å². The summed E-state index contributed by atoms with van der Waals surface area (Å²) in [6, 6.07) is 7.47. The van der Waals surface area contributed by atoms with Crippen molar-refractivity contribution in [2.75, 3.05) is 11.9 Å². The zero-order valence-electron chi connectivity index (χ0n) is 15.4. The molecule has 0 aliphatic rings. The summed E-state index contributed by atoms with van der Waals surface area (Å²) in [4.78, 5) is 12.0. The van der Waals surface area contributed by atoms with Gasteiger partial charge in [-0.2, -0.15) is 5.10 Å². The van der Waals surface area contributed by atoms with Crippen LogP contribution in [0.4, 0.5) is 10.5 Å². The highest BCUT2D eigenvalue weighted by Gasteiger charge is 2.21. The number of aromatic nitrogens is 2. The van der Waals surface area contributed by atoms with Gasteiger partial charge >= 0.3 is 6.03 Å². The van der Waals surface area contributed by atoms with Crippen molar-refractivity contribution >= 4 is 11.7 Å². The van der Waals surface area contributed by atoms with Crippen LogP contribution < -0.4 is 10.6 Å². The molecule has 2 rings (SSSR count). The van der Waals surface area contributed by atoms with Crippen LogP contribution in [0.3, 0.4) is 0 Å². The highest BCUT2D eigenvalue weighted by molar-refractivity contribution is 5.89. The maximum Gasteiger partial charge on any atom is 0.319 e. The van der Waals surface area contributed by atoms with E-state index in [2.05, 4.69) is 15.7 Å². The Balaban J connectivity index is 1.83. The lowest BCUT2D eigenvalue weighted by Crippen LogP contribution is -2.38. The summed E-state index contributed by atoms with van der Waals surface area (Å²) >= 11 is 0. The van der Waals surface area contributed by atoms with Gasteiger partial charge in [0.1, 0.15) is 0 Å². The molecular weight excluding hydrogens is 316 g/mol. The number of benzene rings is 1. The molecule has 0 aliphatic heterocycles. The number of aliphatic hydroxyl groups is 1. The van der Waals surface area contributed by atoms with Crippen molar-refractivity contribution in [2.45, 2.75) is 46.8 Å². The molecule has 2 aromatic rings. The predicted octanol–water partition coefficient (Wildman–Crippen LogP) is 3.16. The van der Waals surface area contributed by atoms with E-state index in [1.54, 1.807) is 6.92 Å². The number of urea groups is 1. The highest BCUT2D eigenvalue weighted by atomic mass is 16.3. The van der Waals surface area contributed by atoms with Crippen LogP contribution in [-0.4, -0.2) is 33.6 Å². The van der Waals surface area contributed by atoms with Crippen LogP contribution in [-0.2, 0) is 6.54 Å². The fraction of sp³-hybridized carbons (Fsp3) is 0.474. The zero-order valence-corrected chi connectivity index (χ0v) is 15.4. The normalized spacial score (nSPS) is 12.7. The molecule has 1 heterocycles. The zero-order chi connectivity index (χ0) is 18.4. The smallest absolute Gasteiger partial charge is 0.319 e. The number of carbonyl (C=O) groups excluding carboxylic acids is 1. The van der Waals surface area contributed by atoms with Gasteiger partial charge in [0.05, 0.1) is 18.8 Å². The third-order valence-electron chi connectivity index (χ3n) is 3.89. The summed E-state index contributed by atoms with van der Waals surface area (Å²) < 4.78 is 1.88. The van der Waals surface area contributed by atoms with Crippen molar-refractivity contribution in [1.82, 2.24) is 15.1 Å². The fourth-order valence-corrected chi connectivity index (χ4v) is 2.80. The maximum atomic E-state index is 12.0. The van der Waals surface area contributed by atoms with Crippen molar-refractivity contribution in [3.05, 3.63) is 47.8 Å². The first-order chi connectivity index (χ1) is 11.7. The molecular formula is C19H28N4O2. The Bertz CT molecular complexity index is 690. The number of hydrogen-bond acceptors (Lipinski definition) is 3. The minimum atomic E-state index is -0.383. The molecule has 2 amide bonds. The fourth-order valence-electron chi connectivity index (χ4n) is 2.80. The molecule has 0 fully saturated rings. The van der Waals surface area contributed by atoms with Crippen molar-refractivity contribution in [3.8, 4) is 0 Å². The topological polar surface area (TPSA) is 79.2 Å². The second-order valence-electron chi connectivity index (χ2n) is 7.44. The lowest BCUT2D eigenvalue weighted by molar-refractivity contribution is 0.129. The van der Waals surface area contributed by atoms with Gasteiger partial charge in [-0.25, -0.2) is 4.79 Å². The van der Waals surface area contributed by atoms with Gasteiger partial charge in [0.2, 0.25) is 0 Å². The van der Waals surface area contributed by atoms with Crippen LogP contribution in [0.2, 0.25) is 0 Å². The number of rotatable bonds is 7. The van der Waals surface area contributed by atoms with Gasteiger partial charge in [-0.15, -0.1) is 0 Å². The van der Waals surface area contributed by atoms with Crippen molar-refractivity contribution in [1.29, 1.82) is 0 Å². The standard InChI is InChI=1S/C19H28N4O2/c1-14-10-21-23(11-14)12-16-5-7-17(8-6-16)22-18(25)20-13-19(3,4)9-15(2)24/h5-8,10-11,15,24H,9,12-13H2,1-4H3,(H2,20,22,25). The average Bonchev–Trinajstić information content (AvgIpc) is 2.91. The van der Waals surface area contributed by atoms with Crippen LogP contribution in [0.1, 0.15) is 38.3 Å². The number of aryl methyl sites for hydroxylation is 1. The van der Waals surface area contributed by atoms with E-state index >= 15 is 0 Å². The molecule has 136 valence electrons. The quantitative estimate of drug-likeness (QED) is 0.722.